The number of halogens is 3. The minimum Gasteiger partial charge on any atom is -0.487 e. The van der Waals surface area contributed by atoms with Gasteiger partial charge in [0, 0.05) is 0 Å². The van der Waals surface area contributed by atoms with Gasteiger partial charge in [-0.2, -0.15) is 13.2 Å². The largest absolute Gasteiger partial charge is 0.487 e. The highest BCUT2D eigenvalue weighted by Gasteiger charge is 2.38. The van der Waals surface area contributed by atoms with E-state index in [-0.39, 0.29) is 11.7 Å². The SMILES string of the molecule is CC1CC(C)C(Oc2ccccc2C(F)(F)F)C(O)C1. The van der Waals surface area contributed by atoms with Gasteiger partial charge >= 0.3 is 6.18 Å². The standard InChI is InChI=1S/C15H19F3O2/c1-9-7-10(2)14(12(19)8-9)20-13-6-4-3-5-11(13)15(16,17)18/h3-6,9-10,12,14,19H,7-8H2,1-2H3. The molecule has 0 aromatic heterocycles. The predicted octanol–water partition coefficient (Wildman–Crippen LogP) is 3.88. The molecule has 1 N–H and O–H groups in total. The number of rotatable bonds is 2. The second-order valence-corrected chi connectivity index (χ2v) is 5.70. The molecule has 0 aliphatic heterocycles. The third kappa shape index (κ3) is 3.26. The van der Waals surface area contributed by atoms with Crippen molar-refractivity contribution in [2.75, 3.05) is 0 Å². The van der Waals surface area contributed by atoms with Crippen molar-refractivity contribution in [2.45, 2.75) is 45.1 Å². The Balaban J connectivity index is 2.22. The zero-order chi connectivity index (χ0) is 14.9. The van der Waals surface area contributed by atoms with Crippen LogP contribution in [0.25, 0.3) is 0 Å². The fourth-order valence-electron chi connectivity index (χ4n) is 2.94. The van der Waals surface area contributed by atoms with E-state index in [1.54, 1.807) is 0 Å². The van der Waals surface area contributed by atoms with Crippen molar-refractivity contribution < 1.29 is 23.0 Å². The fourth-order valence-corrected chi connectivity index (χ4v) is 2.94. The molecule has 2 rings (SSSR count). The van der Waals surface area contributed by atoms with Crippen molar-refractivity contribution in [3.8, 4) is 5.75 Å². The van der Waals surface area contributed by atoms with Crippen molar-refractivity contribution in [1.82, 2.24) is 0 Å². The molecule has 0 saturated heterocycles. The lowest BCUT2D eigenvalue weighted by molar-refractivity contribution is -0.140. The summed E-state index contributed by atoms with van der Waals surface area (Å²) in [5, 5.41) is 10.1. The molecule has 5 heteroatoms. The van der Waals surface area contributed by atoms with Crippen LogP contribution in [0.1, 0.15) is 32.3 Å². The highest BCUT2D eigenvalue weighted by Crippen LogP contribution is 2.38. The van der Waals surface area contributed by atoms with Gasteiger partial charge in [-0.05, 0) is 36.8 Å². The first-order valence-corrected chi connectivity index (χ1v) is 6.80. The summed E-state index contributed by atoms with van der Waals surface area (Å²) in [6, 6.07) is 5.14. The first kappa shape index (κ1) is 15.2. The Labute approximate surface area is 116 Å². The molecule has 1 aromatic carbocycles. The Morgan fingerprint density at radius 3 is 2.40 bits per heavy atom. The summed E-state index contributed by atoms with van der Waals surface area (Å²) in [5.41, 5.74) is -0.793. The summed E-state index contributed by atoms with van der Waals surface area (Å²) < 4.78 is 44.3. The topological polar surface area (TPSA) is 29.5 Å². The molecule has 0 spiro atoms. The zero-order valence-corrected chi connectivity index (χ0v) is 11.5. The molecule has 1 aliphatic carbocycles. The molecular weight excluding hydrogens is 269 g/mol. The van der Waals surface area contributed by atoms with Crippen LogP contribution in [0.15, 0.2) is 24.3 Å². The first-order valence-electron chi connectivity index (χ1n) is 6.80. The Morgan fingerprint density at radius 2 is 1.80 bits per heavy atom. The van der Waals surface area contributed by atoms with Crippen LogP contribution in [-0.2, 0) is 6.18 Å². The zero-order valence-electron chi connectivity index (χ0n) is 11.5. The molecule has 0 bridgehead atoms. The number of aliphatic hydroxyl groups excluding tert-OH is 1. The van der Waals surface area contributed by atoms with E-state index in [2.05, 4.69) is 0 Å². The van der Waals surface area contributed by atoms with Crippen LogP contribution in [0.2, 0.25) is 0 Å². The van der Waals surface area contributed by atoms with E-state index in [1.807, 2.05) is 13.8 Å². The molecule has 112 valence electrons. The predicted molar refractivity (Wildman–Crippen MR) is 69.4 cm³/mol. The molecule has 0 radical (unpaired) electrons. The molecule has 2 nitrogen and oxygen atoms in total. The maximum atomic E-state index is 12.9. The lowest BCUT2D eigenvalue weighted by Crippen LogP contribution is -2.43. The van der Waals surface area contributed by atoms with Crippen LogP contribution in [0.3, 0.4) is 0 Å². The molecule has 1 aromatic rings. The first-order chi connectivity index (χ1) is 9.29. The second-order valence-electron chi connectivity index (χ2n) is 5.70. The minimum atomic E-state index is -4.45. The summed E-state index contributed by atoms with van der Waals surface area (Å²) in [7, 11) is 0. The van der Waals surface area contributed by atoms with Crippen molar-refractivity contribution in [2.24, 2.45) is 11.8 Å². The average molecular weight is 288 g/mol. The van der Waals surface area contributed by atoms with E-state index in [9.17, 15) is 18.3 Å². The Kier molecular flexibility index (Phi) is 4.28. The van der Waals surface area contributed by atoms with E-state index in [4.69, 9.17) is 4.74 Å². The van der Waals surface area contributed by atoms with E-state index in [1.165, 1.54) is 18.2 Å². The van der Waals surface area contributed by atoms with E-state index < -0.39 is 23.9 Å². The number of hydrogen-bond donors (Lipinski definition) is 1. The normalized spacial score (nSPS) is 31.1. The Morgan fingerprint density at radius 1 is 1.15 bits per heavy atom. The van der Waals surface area contributed by atoms with Gasteiger partial charge < -0.3 is 9.84 Å². The van der Waals surface area contributed by atoms with Crippen molar-refractivity contribution in [1.29, 1.82) is 0 Å². The lowest BCUT2D eigenvalue weighted by Gasteiger charge is -2.37. The Hall–Kier alpha value is -1.23. The molecule has 0 amide bonds. The summed E-state index contributed by atoms with van der Waals surface area (Å²) >= 11 is 0. The van der Waals surface area contributed by atoms with Crippen LogP contribution < -0.4 is 4.74 Å². The van der Waals surface area contributed by atoms with Crippen molar-refractivity contribution >= 4 is 0 Å². The smallest absolute Gasteiger partial charge is 0.419 e. The van der Waals surface area contributed by atoms with Crippen LogP contribution >= 0.6 is 0 Å². The molecule has 0 heterocycles. The quantitative estimate of drug-likeness (QED) is 0.895. The molecule has 20 heavy (non-hydrogen) atoms. The van der Waals surface area contributed by atoms with Gasteiger partial charge in [0.25, 0.3) is 0 Å². The van der Waals surface area contributed by atoms with Gasteiger partial charge in [-0.1, -0.05) is 26.0 Å². The third-order valence-corrected chi connectivity index (χ3v) is 3.81. The highest BCUT2D eigenvalue weighted by molar-refractivity contribution is 5.35. The van der Waals surface area contributed by atoms with Crippen molar-refractivity contribution in [3.63, 3.8) is 0 Å². The number of benzene rings is 1. The summed E-state index contributed by atoms with van der Waals surface area (Å²) in [6.45, 7) is 3.93. The highest BCUT2D eigenvalue weighted by atomic mass is 19.4. The van der Waals surface area contributed by atoms with Gasteiger partial charge in [-0.15, -0.1) is 0 Å². The minimum absolute atomic E-state index is 0.0232. The maximum absolute atomic E-state index is 12.9. The van der Waals surface area contributed by atoms with Gasteiger partial charge in [0.15, 0.2) is 0 Å². The average Bonchev–Trinajstić information content (AvgIpc) is 2.33. The lowest BCUT2D eigenvalue weighted by atomic mass is 9.79. The van der Waals surface area contributed by atoms with E-state index >= 15 is 0 Å². The van der Waals surface area contributed by atoms with Crippen LogP contribution in [0, 0.1) is 11.8 Å². The summed E-state index contributed by atoms with van der Waals surface area (Å²) in [6.07, 6.45) is -4.36. The molecule has 1 fully saturated rings. The number of ether oxygens (including phenoxy) is 1. The van der Waals surface area contributed by atoms with Gasteiger partial charge in [0.1, 0.15) is 11.9 Å². The second kappa shape index (κ2) is 5.64. The third-order valence-electron chi connectivity index (χ3n) is 3.81. The maximum Gasteiger partial charge on any atom is 0.419 e. The number of para-hydroxylation sites is 1. The Bertz CT molecular complexity index is 447. The van der Waals surface area contributed by atoms with Crippen LogP contribution in [0.4, 0.5) is 13.2 Å². The van der Waals surface area contributed by atoms with Gasteiger partial charge in [0.2, 0.25) is 0 Å². The summed E-state index contributed by atoms with van der Waals surface area (Å²) in [5.74, 6) is 0.179. The molecular formula is C15H19F3O2. The number of hydrogen-bond acceptors (Lipinski definition) is 2. The van der Waals surface area contributed by atoms with Crippen LogP contribution in [-0.4, -0.2) is 17.3 Å². The fraction of sp³-hybridized carbons (Fsp3) is 0.600. The molecule has 4 unspecified atom stereocenters. The van der Waals surface area contributed by atoms with Gasteiger partial charge in [0.05, 0.1) is 11.7 Å². The van der Waals surface area contributed by atoms with Crippen molar-refractivity contribution in [3.05, 3.63) is 29.8 Å². The molecule has 4 atom stereocenters. The van der Waals surface area contributed by atoms with E-state index in [0.717, 1.165) is 12.5 Å². The van der Waals surface area contributed by atoms with Gasteiger partial charge in [-0.25, -0.2) is 0 Å². The summed E-state index contributed by atoms with van der Waals surface area (Å²) in [4.78, 5) is 0. The monoisotopic (exact) mass is 288 g/mol. The van der Waals surface area contributed by atoms with Gasteiger partial charge in [-0.3, -0.25) is 0 Å². The van der Waals surface area contributed by atoms with Crippen LogP contribution in [0.5, 0.6) is 5.75 Å². The van der Waals surface area contributed by atoms with E-state index in [0.29, 0.717) is 12.3 Å². The number of aliphatic hydroxyl groups is 1. The number of alkyl halides is 3. The molecule has 1 saturated carbocycles. The molecule has 1 aliphatic rings.